The van der Waals surface area contributed by atoms with Crippen molar-refractivity contribution in [3.8, 4) is 5.75 Å². The maximum absolute atomic E-state index is 5.38. The van der Waals surface area contributed by atoms with E-state index in [0.29, 0.717) is 0 Å². The van der Waals surface area contributed by atoms with Crippen LogP contribution in [0.2, 0.25) is 0 Å². The van der Waals surface area contributed by atoms with E-state index in [-0.39, 0.29) is 0 Å². The van der Waals surface area contributed by atoms with Gasteiger partial charge in [-0.1, -0.05) is 6.07 Å². The van der Waals surface area contributed by atoms with E-state index in [1.807, 2.05) is 18.2 Å². The fraction of sp³-hybridized carbons (Fsp3) is 0.250. The Morgan fingerprint density at radius 3 is 3.00 bits per heavy atom. The van der Waals surface area contributed by atoms with Crippen LogP contribution in [-0.4, -0.2) is 18.2 Å². The van der Waals surface area contributed by atoms with Crippen LogP contribution in [0.25, 0.3) is 10.9 Å². The zero-order valence-electron chi connectivity index (χ0n) is 11.5. The SMILES string of the molecule is COc1cccc2c1ccn2CCNCc1ccoc1. The van der Waals surface area contributed by atoms with Crippen LogP contribution < -0.4 is 10.1 Å². The van der Waals surface area contributed by atoms with E-state index < -0.39 is 0 Å². The van der Waals surface area contributed by atoms with E-state index in [9.17, 15) is 0 Å². The van der Waals surface area contributed by atoms with Crippen LogP contribution in [0, 0.1) is 0 Å². The smallest absolute Gasteiger partial charge is 0.128 e. The van der Waals surface area contributed by atoms with Crippen LogP contribution in [0.5, 0.6) is 5.75 Å². The number of rotatable bonds is 6. The van der Waals surface area contributed by atoms with Crippen molar-refractivity contribution < 1.29 is 9.15 Å². The molecule has 3 rings (SSSR count). The molecule has 1 aromatic carbocycles. The van der Waals surface area contributed by atoms with Crippen molar-refractivity contribution in [1.82, 2.24) is 9.88 Å². The van der Waals surface area contributed by atoms with Crippen molar-refractivity contribution >= 4 is 10.9 Å². The molecular weight excluding hydrogens is 252 g/mol. The molecule has 0 unspecified atom stereocenters. The fourth-order valence-electron chi connectivity index (χ4n) is 2.39. The zero-order valence-corrected chi connectivity index (χ0v) is 11.5. The van der Waals surface area contributed by atoms with Gasteiger partial charge in [0, 0.05) is 36.8 Å². The molecule has 0 amide bonds. The highest BCUT2D eigenvalue weighted by Gasteiger charge is 2.05. The van der Waals surface area contributed by atoms with E-state index in [0.717, 1.165) is 30.8 Å². The van der Waals surface area contributed by atoms with Crippen molar-refractivity contribution in [3.63, 3.8) is 0 Å². The van der Waals surface area contributed by atoms with Gasteiger partial charge in [0.1, 0.15) is 5.75 Å². The summed E-state index contributed by atoms with van der Waals surface area (Å²) in [6.45, 7) is 2.67. The summed E-state index contributed by atoms with van der Waals surface area (Å²) in [6.07, 6.45) is 5.57. The van der Waals surface area contributed by atoms with Gasteiger partial charge in [-0.3, -0.25) is 0 Å². The summed E-state index contributed by atoms with van der Waals surface area (Å²) in [5, 5.41) is 4.56. The molecule has 0 bridgehead atoms. The lowest BCUT2D eigenvalue weighted by Crippen LogP contribution is -2.18. The molecule has 2 aromatic heterocycles. The van der Waals surface area contributed by atoms with Crippen LogP contribution in [0.1, 0.15) is 5.56 Å². The summed E-state index contributed by atoms with van der Waals surface area (Å²) >= 11 is 0. The summed E-state index contributed by atoms with van der Waals surface area (Å²) in [5.41, 5.74) is 2.37. The van der Waals surface area contributed by atoms with Gasteiger partial charge in [0.05, 0.1) is 25.2 Å². The van der Waals surface area contributed by atoms with Gasteiger partial charge >= 0.3 is 0 Å². The zero-order chi connectivity index (χ0) is 13.8. The highest BCUT2D eigenvalue weighted by Crippen LogP contribution is 2.25. The Kier molecular flexibility index (Phi) is 3.74. The fourth-order valence-corrected chi connectivity index (χ4v) is 2.39. The normalized spacial score (nSPS) is 11.1. The lowest BCUT2D eigenvalue weighted by molar-refractivity contribution is 0.420. The van der Waals surface area contributed by atoms with Crippen LogP contribution >= 0.6 is 0 Å². The maximum atomic E-state index is 5.38. The molecule has 1 N–H and O–H groups in total. The average molecular weight is 270 g/mol. The molecule has 0 aliphatic heterocycles. The molecule has 0 spiro atoms. The number of methoxy groups -OCH3 is 1. The highest BCUT2D eigenvalue weighted by atomic mass is 16.5. The largest absolute Gasteiger partial charge is 0.496 e. The van der Waals surface area contributed by atoms with Crippen molar-refractivity contribution in [2.75, 3.05) is 13.7 Å². The topological polar surface area (TPSA) is 39.3 Å². The Bertz CT molecular complexity index is 671. The van der Waals surface area contributed by atoms with Gasteiger partial charge in [-0.05, 0) is 24.3 Å². The molecule has 0 radical (unpaired) electrons. The third-order valence-electron chi connectivity index (χ3n) is 3.43. The Labute approximate surface area is 118 Å². The molecular formula is C16H18N2O2. The standard InChI is InChI=1S/C16H18N2O2/c1-19-16-4-2-3-15-14(16)5-8-18(15)9-7-17-11-13-6-10-20-12-13/h2-6,8,10,12,17H,7,9,11H2,1H3. The number of nitrogens with zero attached hydrogens (tertiary/aromatic N) is 1. The molecule has 20 heavy (non-hydrogen) atoms. The molecule has 2 heterocycles. The van der Waals surface area contributed by atoms with E-state index in [1.165, 1.54) is 11.1 Å². The van der Waals surface area contributed by atoms with Gasteiger partial charge in [0.2, 0.25) is 0 Å². The first-order valence-electron chi connectivity index (χ1n) is 6.72. The monoisotopic (exact) mass is 270 g/mol. The first-order valence-corrected chi connectivity index (χ1v) is 6.72. The number of nitrogens with one attached hydrogen (secondary N) is 1. The third-order valence-corrected chi connectivity index (χ3v) is 3.43. The maximum Gasteiger partial charge on any atom is 0.128 e. The number of hydrogen-bond acceptors (Lipinski definition) is 3. The van der Waals surface area contributed by atoms with E-state index in [4.69, 9.17) is 9.15 Å². The number of hydrogen-bond donors (Lipinski definition) is 1. The number of aromatic nitrogens is 1. The minimum absolute atomic E-state index is 0.832. The lowest BCUT2D eigenvalue weighted by Gasteiger charge is -2.07. The lowest BCUT2D eigenvalue weighted by atomic mass is 10.2. The summed E-state index contributed by atoms with van der Waals surface area (Å²) in [4.78, 5) is 0. The summed E-state index contributed by atoms with van der Waals surface area (Å²) in [6, 6.07) is 10.2. The molecule has 0 aliphatic rings. The molecule has 0 saturated heterocycles. The van der Waals surface area contributed by atoms with E-state index >= 15 is 0 Å². The average Bonchev–Trinajstić information content (AvgIpc) is 3.13. The van der Waals surface area contributed by atoms with E-state index in [1.54, 1.807) is 19.6 Å². The first-order chi connectivity index (χ1) is 9.88. The van der Waals surface area contributed by atoms with Crippen molar-refractivity contribution in [1.29, 1.82) is 0 Å². The van der Waals surface area contributed by atoms with Gasteiger partial charge in [0.15, 0.2) is 0 Å². The highest BCUT2D eigenvalue weighted by molar-refractivity contribution is 5.86. The minimum atomic E-state index is 0.832. The van der Waals surface area contributed by atoms with Gasteiger partial charge in [-0.2, -0.15) is 0 Å². The molecule has 104 valence electrons. The quantitative estimate of drug-likeness (QED) is 0.700. The third kappa shape index (κ3) is 2.56. The summed E-state index contributed by atoms with van der Waals surface area (Å²) in [7, 11) is 1.71. The van der Waals surface area contributed by atoms with Gasteiger partial charge < -0.3 is 19.0 Å². The second kappa shape index (κ2) is 5.84. The van der Waals surface area contributed by atoms with Gasteiger partial charge in [-0.15, -0.1) is 0 Å². The van der Waals surface area contributed by atoms with Crippen LogP contribution in [0.3, 0.4) is 0 Å². The van der Waals surface area contributed by atoms with Gasteiger partial charge in [0.25, 0.3) is 0 Å². The Morgan fingerprint density at radius 1 is 1.25 bits per heavy atom. The molecule has 0 saturated carbocycles. The molecule has 4 heteroatoms. The number of furan rings is 1. The Hall–Kier alpha value is -2.20. The Morgan fingerprint density at radius 2 is 2.20 bits per heavy atom. The van der Waals surface area contributed by atoms with Crippen LogP contribution in [-0.2, 0) is 13.1 Å². The Balaban J connectivity index is 1.63. The van der Waals surface area contributed by atoms with Crippen LogP contribution in [0.15, 0.2) is 53.5 Å². The number of ether oxygens (including phenoxy) is 1. The molecule has 0 aliphatic carbocycles. The van der Waals surface area contributed by atoms with Crippen molar-refractivity contribution in [2.45, 2.75) is 13.1 Å². The molecule has 3 aromatic rings. The number of benzene rings is 1. The van der Waals surface area contributed by atoms with Crippen molar-refractivity contribution in [2.24, 2.45) is 0 Å². The molecule has 0 atom stereocenters. The first kappa shape index (κ1) is 12.8. The second-order valence-corrected chi connectivity index (χ2v) is 4.71. The summed E-state index contributed by atoms with van der Waals surface area (Å²) in [5.74, 6) is 0.924. The predicted molar refractivity (Wildman–Crippen MR) is 78.9 cm³/mol. The number of fused-ring (bicyclic) bond motifs is 1. The molecule has 0 fully saturated rings. The molecule has 4 nitrogen and oxygen atoms in total. The summed E-state index contributed by atoms with van der Waals surface area (Å²) < 4.78 is 12.7. The predicted octanol–water partition coefficient (Wildman–Crippen LogP) is 3.03. The second-order valence-electron chi connectivity index (χ2n) is 4.71. The minimum Gasteiger partial charge on any atom is -0.496 e. The van der Waals surface area contributed by atoms with Crippen LogP contribution in [0.4, 0.5) is 0 Å². The van der Waals surface area contributed by atoms with Gasteiger partial charge in [-0.25, -0.2) is 0 Å². The van der Waals surface area contributed by atoms with E-state index in [2.05, 4.69) is 28.2 Å². The van der Waals surface area contributed by atoms with Crippen molar-refractivity contribution in [3.05, 3.63) is 54.6 Å².